The Hall–Kier alpha value is -1.22. The number of hydrogen-bond acceptors (Lipinski definition) is 3. The Labute approximate surface area is 89.9 Å². The fourth-order valence-corrected chi connectivity index (χ4v) is 2.16. The quantitative estimate of drug-likeness (QED) is 0.778. The lowest BCUT2D eigenvalue weighted by atomic mass is 9.83. The molecule has 3 N–H and O–H groups in total. The zero-order valence-electron chi connectivity index (χ0n) is 8.94. The van der Waals surface area contributed by atoms with Crippen LogP contribution in [-0.2, 0) is 0 Å². The zero-order chi connectivity index (χ0) is 10.8. The molecule has 2 rings (SSSR count). The second-order valence-corrected chi connectivity index (χ2v) is 4.18. The highest BCUT2D eigenvalue weighted by molar-refractivity contribution is 5.43. The molecule has 3 nitrogen and oxygen atoms in total. The Morgan fingerprint density at radius 2 is 2.40 bits per heavy atom. The molecule has 0 spiro atoms. The van der Waals surface area contributed by atoms with E-state index in [0.29, 0.717) is 25.0 Å². The lowest BCUT2D eigenvalue weighted by molar-refractivity contribution is 0.243. The van der Waals surface area contributed by atoms with Crippen molar-refractivity contribution in [2.45, 2.75) is 19.3 Å². The number of aromatic hydroxyl groups is 1. The molecule has 0 amide bonds. The maximum absolute atomic E-state index is 9.37. The third kappa shape index (κ3) is 1.92. The summed E-state index contributed by atoms with van der Waals surface area (Å²) in [6.45, 7) is 3.56. The molecular weight excluding hydrogens is 190 g/mol. The van der Waals surface area contributed by atoms with Gasteiger partial charge in [-0.3, -0.25) is 0 Å². The van der Waals surface area contributed by atoms with Gasteiger partial charge in [-0.25, -0.2) is 0 Å². The molecule has 3 heteroatoms. The van der Waals surface area contributed by atoms with E-state index >= 15 is 0 Å². The average molecular weight is 207 g/mol. The largest absolute Gasteiger partial charge is 0.508 e. The van der Waals surface area contributed by atoms with E-state index in [2.05, 4.69) is 6.92 Å². The van der Waals surface area contributed by atoms with Gasteiger partial charge in [-0.2, -0.15) is 0 Å². The smallest absolute Gasteiger partial charge is 0.126 e. The predicted octanol–water partition coefficient (Wildman–Crippen LogP) is 1.85. The molecule has 1 aromatic carbocycles. The van der Waals surface area contributed by atoms with Crippen molar-refractivity contribution in [2.75, 3.05) is 13.2 Å². The maximum Gasteiger partial charge on any atom is 0.126 e. The van der Waals surface area contributed by atoms with E-state index < -0.39 is 0 Å². The van der Waals surface area contributed by atoms with Gasteiger partial charge in [0.2, 0.25) is 0 Å². The molecule has 0 saturated carbocycles. The van der Waals surface area contributed by atoms with Crippen molar-refractivity contribution in [2.24, 2.45) is 11.7 Å². The number of ether oxygens (including phenoxy) is 1. The predicted molar refractivity (Wildman–Crippen MR) is 59.2 cm³/mol. The Balaban J connectivity index is 2.34. The lowest BCUT2D eigenvalue weighted by Crippen LogP contribution is -2.24. The summed E-state index contributed by atoms with van der Waals surface area (Å²) < 4.78 is 5.53. The molecular formula is C12H17NO2. The summed E-state index contributed by atoms with van der Waals surface area (Å²) in [6.07, 6.45) is 1.01. The SMILES string of the molecule is CC(CN)C1CCOc2cc(O)ccc21. The van der Waals surface area contributed by atoms with E-state index in [0.717, 1.165) is 12.2 Å². The summed E-state index contributed by atoms with van der Waals surface area (Å²) in [5, 5.41) is 9.37. The van der Waals surface area contributed by atoms with Crippen LogP contribution in [0.1, 0.15) is 24.8 Å². The van der Waals surface area contributed by atoms with Crippen LogP contribution in [0.25, 0.3) is 0 Å². The van der Waals surface area contributed by atoms with E-state index in [4.69, 9.17) is 10.5 Å². The first-order valence-corrected chi connectivity index (χ1v) is 5.38. The van der Waals surface area contributed by atoms with Crippen molar-refractivity contribution < 1.29 is 9.84 Å². The van der Waals surface area contributed by atoms with Crippen LogP contribution in [0.3, 0.4) is 0 Å². The normalized spacial score (nSPS) is 21.6. The van der Waals surface area contributed by atoms with Gasteiger partial charge in [-0.05, 0) is 36.4 Å². The van der Waals surface area contributed by atoms with Crippen molar-refractivity contribution in [3.63, 3.8) is 0 Å². The van der Waals surface area contributed by atoms with Crippen LogP contribution in [0.4, 0.5) is 0 Å². The standard InChI is InChI=1S/C12H17NO2/c1-8(7-13)10-4-5-15-12-6-9(14)2-3-11(10)12/h2-3,6,8,10,14H,4-5,7,13H2,1H3. The van der Waals surface area contributed by atoms with Crippen LogP contribution in [0.15, 0.2) is 18.2 Å². The van der Waals surface area contributed by atoms with Gasteiger partial charge in [0.15, 0.2) is 0 Å². The monoisotopic (exact) mass is 207 g/mol. The molecule has 0 bridgehead atoms. The van der Waals surface area contributed by atoms with Crippen molar-refractivity contribution in [3.8, 4) is 11.5 Å². The number of hydrogen-bond donors (Lipinski definition) is 2. The highest BCUT2D eigenvalue weighted by Gasteiger charge is 2.25. The van der Waals surface area contributed by atoms with Crippen LogP contribution < -0.4 is 10.5 Å². The third-order valence-corrected chi connectivity index (χ3v) is 3.14. The first kappa shape index (κ1) is 10.3. The molecule has 0 aromatic heterocycles. The van der Waals surface area contributed by atoms with Crippen LogP contribution in [0, 0.1) is 5.92 Å². The van der Waals surface area contributed by atoms with Gasteiger partial charge in [0.25, 0.3) is 0 Å². The van der Waals surface area contributed by atoms with E-state index in [1.165, 1.54) is 5.56 Å². The van der Waals surface area contributed by atoms with Gasteiger partial charge < -0.3 is 15.6 Å². The minimum atomic E-state index is 0.259. The second-order valence-electron chi connectivity index (χ2n) is 4.18. The highest BCUT2D eigenvalue weighted by atomic mass is 16.5. The number of nitrogens with two attached hydrogens (primary N) is 1. The molecule has 15 heavy (non-hydrogen) atoms. The number of rotatable bonds is 2. The number of phenols is 1. The Bertz CT molecular complexity index is 351. The molecule has 0 fully saturated rings. The molecule has 0 aliphatic carbocycles. The molecule has 1 aliphatic rings. The van der Waals surface area contributed by atoms with Crippen LogP contribution in [-0.4, -0.2) is 18.3 Å². The van der Waals surface area contributed by atoms with Crippen LogP contribution in [0.2, 0.25) is 0 Å². The summed E-state index contributed by atoms with van der Waals surface area (Å²) in [6, 6.07) is 5.34. The summed E-state index contributed by atoms with van der Waals surface area (Å²) in [7, 11) is 0. The maximum atomic E-state index is 9.37. The molecule has 1 heterocycles. The van der Waals surface area contributed by atoms with Gasteiger partial charge in [0, 0.05) is 6.07 Å². The van der Waals surface area contributed by atoms with Crippen molar-refractivity contribution in [1.82, 2.24) is 0 Å². The highest BCUT2D eigenvalue weighted by Crippen LogP contribution is 2.39. The van der Waals surface area contributed by atoms with E-state index in [-0.39, 0.29) is 5.75 Å². The van der Waals surface area contributed by atoms with Crippen LogP contribution >= 0.6 is 0 Å². The first-order valence-electron chi connectivity index (χ1n) is 5.38. The summed E-state index contributed by atoms with van der Waals surface area (Å²) in [5.41, 5.74) is 6.88. The van der Waals surface area contributed by atoms with Crippen molar-refractivity contribution >= 4 is 0 Å². The third-order valence-electron chi connectivity index (χ3n) is 3.14. The van der Waals surface area contributed by atoms with Gasteiger partial charge in [0.1, 0.15) is 11.5 Å². The molecule has 82 valence electrons. The van der Waals surface area contributed by atoms with E-state index in [9.17, 15) is 5.11 Å². The molecule has 2 unspecified atom stereocenters. The second kappa shape index (κ2) is 4.11. The van der Waals surface area contributed by atoms with Gasteiger partial charge in [0.05, 0.1) is 6.61 Å². The fraction of sp³-hybridized carbons (Fsp3) is 0.500. The van der Waals surface area contributed by atoms with Gasteiger partial charge in [-0.15, -0.1) is 0 Å². The Morgan fingerprint density at radius 1 is 1.60 bits per heavy atom. The first-order chi connectivity index (χ1) is 7.22. The van der Waals surface area contributed by atoms with Crippen molar-refractivity contribution in [1.29, 1.82) is 0 Å². The zero-order valence-corrected chi connectivity index (χ0v) is 8.94. The molecule has 1 aromatic rings. The minimum absolute atomic E-state index is 0.259. The molecule has 1 aliphatic heterocycles. The lowest BCUT2D eigenvalue weighted by Gasteiger charge is -2.29. The topological polar surface area (TPSA) is 55.5 Å². The van der Waals surface area contributed by atoms with Crippen LogP contribution in [0.5, 0.6) is 11.5 Å². The molecule has 0 radical (unpaired) electrons. The summed E-state index contributed by atoms with van der Waals surface area (Å²) in [5.74, 6) is 1.98. The van der Waals surface area contributed by atoms with E-state index in [1.54, 1.807) is 12.1 Å². The molecule has 0 saturated heterocycles. The fourth-order valence-electron chi connectivity index (χ4n) is 2.16. The number of fused-ring (bicyclic) bond motifs is 1. The minimum Gasteiger partial charge on any atom is -0.508 e. The number of benzene rings is 1. The van der Waals surface area contributed by atoms with Gasteiger partial charge in [-0.1, -0.05) is 13.0 Å². The van der Waals surface area contributed by atoms with Gasteiger partial charge >= 0.3 is 0 Å². The Morgan fingerprint density at radius 3 is 3.13 bits per heavy atom. The Kier molecular flexibility index (Phi) is 2.82. The summed E-state index contributed by atoms with van der Waals surface area (Å²) >= 11 is 0. The van der Waals surface area contributed by atoms with Crippen molar-refractivity contribution in [3.05, 3.63) is 23.8 Å². The average Bonchev–Trinajstić information content (AvgIpc) is 2.26. The number of phenolic OH excluding ortho intramolecular Hbond substituents is 1. The molecule has 2 atom stereocenters. The summed E-state index contributed by atoms with van der Waals surface area (Å²) in [4.78, 5) is 0. The van der Waals surface area contributed by atoms with E-state index in [1.807, 2.05) is 6.07 Å².